The molecule has 0 spiro atoms. The first-order valence-electron chi connectivity index (χ1n) is 6.30. The molecule has 0 saturated carbocycles. The van der Waals surface area contributed by atoms with Gasteiger partial charge in [0.25, 0.3) is 0 Å². The lowest BCUT2D eigenvalue weighted by Gasteiger charge is -2.03. The lowest BCUT2D eigenvalue weighted by molar-refractivity contribution is 1.28. The summed E-state index contributed by atoms with van der Waals surface area (Å²) in [5, 5.41) is 2.40. The van der Waals surface area contributed by atoms with E-state index in [1.165, 1.54) is 16.3 Å². The predicted molar refractivity (Wildman–Crippen MR) is 83.3 cm³/mol. The molecule has 1 unspecified atom stereocenters. The van der Waals surface area contributed by atoms with Crippen LogP contribution in [-0.4, -0.2) is 4.98 Å². The minimum absolute atomic E-state index is 1.08. The van der Waals surface area contributed by atoms with Crippen molar-refractivity contribution in [2.45, 2.75) is 41.5 Å². The minimum atomic E-state index is 1.08. The summed E-state index contributed by atoms with van der Waals surface area (Å²) >= 11 is 0. The van der Waals surface area contributed by atoms with Crippen LogP contribution in [0, 0.1) is 13.8 Å². The van der Waals surface area contributed by atoms with E-state index in [1.54, 1.807) is 0 Å². The topological polar surface area (TPSA) is 12.9 Å². The molecule has 2 rings (SSSR count). The fourth-order valence-electron chi connectivity index (χ4n) is 1.41. The van der Waals surface area contributed by atoms with Crippen molar-refractivity contribution in [1.29, 1.82) is 0 Å². The highest BCUT2D eigenvalue weighted by molar-refractivity contribution is 7.27. The van der Waals surface area contributed by atoms with Gasteiger partial charge >= 0.3 is 0 Å². The Bertz CT molecular complexity index is 464. The van der Waals surface area contributed by atoms with E-state index in [0.717, 1.165) is 11.2 Å². The van der Waals surface area contributed by atoms with Crippen LogP contribution in [0.25, 0.3) is 10.9 Å². The second-order valence-electron chi connectivity index (χ2n) is 3.36. The van der Waals surface area contributed by atoms with Gasteiger partial charge in [-0.25, -0.2) is 0 Å². The van der Waals surface area contributed by atoms with Crippen LogP contribution in [0.2, 0.25) is 0 Å². The molecule has 0 saturated heterocycles. The number of hydrogen-bond acceptors (Lipinski definition) is 1. The maximum Gasteiger partial charge on any atom is 0.0705 e. The average Bonchev–Trinajstić information content (AvgIpc) is 2.36. The summed E-state index contributed by atoms with van der Waals surface area (Å²) in [7, 11) is 2.71. The molecule has 0 N–H and O–H groups in total. The van der Waals surface area contributed by atoms with Crippen LogP contribution >= 0.6 is 9.24 Å². The molecule has 0 aliphatic rings. The molecule has 1 heterocycles. The molecule has 0 aliphatic heterocycles. The molecule has 0 fully saturated rings. The molecule has 17 heavy (non-hydrogen) atoms. The first kappa shape index (κ1) is 16.1. The summed E-state index contributed by atoms with van der Waals surface area (Å²) in [6.07, 6.45) is 0. The predicted octanol–water partition coefficient (Wildman–Crippen LogP) is 4.40. The Labute approximate surface area is 108 Å². The monoisotopic (exact) mass is 249 g/mol. The number of aromatic nitrogens is 1. The van der Waals surface area contributed by atoms with Gasteiger partial charge in [0.1, 0.15) is 0 Å². The molecule has 2 aromatic rings. The number of pyridine rings is 1. The third-order valence-corrected chi connectivity index (χ3v) is 2.78. The third kappa shape index (κ3) is 4.44. The van der Waals surface area contributed by atoms with Crippen LogP contribution in [0.3, 0.4) is 0 Å². The lowest BCUT2D eigenvalue weighted by atomic mass is 10.1. The van der Waals surface area contributed by atoms with Crippen LogP contribution in [-0.2, 0) is 0 Å². The molecule has 1 aromatic carbocycles. The van der Waals surface area contributed by atoms with Crippen LogP contribution in [0.15, 0.2) is 24.3 Å². The molecule has 94 valence electrons. The highest BCUT2D eigenvalue weighted by Crippen LogP contribution is 2.14. The number of aryl methyl sites for hydroxylation is 2. The number of nitrogens with zero attached hydrogens (tertiary/aromatic N) is 1. The van der Waals surface area contributed by atoms with E-state index in [1.807, 2.05) is 34.6 Å². The minimum Gasteiger partial charge on any atom is -0.252 e. The van der Waals surface area contributed by atoms with Gasteiger partial charge in [0.15, 0.2) is 0 Å². The number of benzene rings is 1. The fraction of sp³-hybridized carbons (Fsp3) is 0.400. The number of rotatable bonds is 0. The fourth-order valence-corrected chi connectivity index (χ4v) is 1.65. The van der Waals surface area contributed by atoms with Crippen LogP contribution in [0.1, 0.15) is 39.0 Å². The second-order valence-corrected chi connectivity index (χ2v) is 3.98. The van der Waals surface area contributed by atoms with Crippen molar-refractivity contribution in [3.8, 4) is 0 Å². The van der Waals surface area contributed by atoms with Gasteiger partial charge in [0.2, 0.25) is 0 Å². The van der Waals surface area contributed by atoms with Gasteiger partial charge in [-0.2, -0.15) is 0 Å². The van der Waals surface area contributed by atoms with Crippen LogP contribution in [0.5, 0.6) is 0 Å². The van der Waals surface area contributed by atoms with E-state index in [-0.39, 0.29) is 0 Å². The lowest BCUT2D eigenvalue weighted by Crippen LogP contribution is -2.00. The molecule has 0 amide bonds. The van der Waals surface area contributed by atoms with E-state index in [0.29, 0.717) is 0 Å². The van der Waals surface area contributed by atoms with Gasteiger partial charge in [-0.1, -0.05) is 39.3 Å². The summed E-state index contributed by atoms with van der Waals surface area (Å²) in [5.74, 6) is 0. The highest BCUT2D eigenvalue weighted by Gasteiger charge is 1.98. The van der Waals surface area contributed by atoms with E-state index < -0.39 is 0 Å². The Morgan fingerprint density at radius 1 is 0.941 bits per heavy atom. The van der Waals surface area contributed by atoms with E-state index in [4.69, 9.17) is 0 Å². The summed E-state index contributed by atoms with van der Waals surface area (Å²) in [6.45, 7) is 12.1. The zero-order valence-electron chi connectivity index (χ0n) is 11.8. The normalized spacial score (nSPS) is 8.88. The van der Waals surface area contributed by atoms with Crippen molar-refractivity contribution >= 4 is 25.4 Å². The Morgan fingerprint density at radius 3 is 2.12 bits per heavy atom. The van der Waals surface area contributed by atoms with Crippen molar-refractivity contribution in [2.75, 3.05) is 0 Å². The molecular weight excluding hydrogens is 225 g/mol. The highest BCUT2D eigenvalue weighted by atomic mass is 31.0. The Kier molecular flexibility index (Phi) is 7.74. The molecule has 1 nitrogen and oxygen atoms in total. The number of fused-ring (bicyclic) bond motifs is 1. The third-order valence-electron chi connectivity index (χ3n) is 2.20. The van der Waals surface area contributed by atoms with Gasteiger partial charge in [0.05, 0.1) is 5.52 Å². The zero-order valence-corrected chi connectivity index (χ0v) is 13.0. The standard InChI is InChI=1S/C11H12NP.2C2H6/c1-7-3-4-10-9(5-7)6-11(13)8(2)12-10;2*1-2/h3-6H,13H2,1-2H3;2*1-2H3. The summed E-state index contributed by atoms with van der Waals surface area (Å²) in [6, 6.07) is 8.49. The van der Waals surface area contributed by atoms with E-state index in [9.17, 15) is 0 Å². The average molecular weight is 249 g/mol. The van der Waals surface area contributed by atoms with Gasteiger partial charge in [0, 0.05) is 11.1 Å². The smallest absolute Gasteiger partial charge is 0.0705 e. The van der Waals surface area contributed by atoms with Gasteiger partial charge in [-0.05, 0) is 37.4 Å². The van der Waals surface area contributed by atoms with Crippen molar-refractivity contribution in [3.05, 3.63) is 35.5 Å². The first-order valence-corrected chi connectivity index (χ1v) is 6.88. The molecule has 0 bridgehead atoms. The molecule has 0 radical (unpaired) electrons. The second kappa shape index (κ2) is 8.20. The quantitative estimate of drug-likeness (QED) is 0.630. The summed E-state index contributed by atoms with van der Waals surface area (Å²) < 4.78 is 0. The van der Waals surface area contributed by atoms with Crippen molar-refractivity contribution in [2.24, 2.45) is 0 Å². The molecule has 1 aromatic heterocycles. The molecule has 0 aliphatic carbocycles. The summed E-state index contributed by atoms with van der Waals surface area (Å²) in [5.41, 5.74) is 3.44. The van der Waals surface area contributed by atoms with E-state index >= 15 is 0 Å². The van der Waals surface area contributed by atoms with Crippen LogP contribution < -0.4 is 5.30 Å². The first-order chi connectivity index (χ1) is 8.16. The van der Waals surface area contributed by atoms with Crippen molar-refractivity contribution < 1.29 is 0 Å². The maximum atomic E-state index is 4.50. The SMILES string of the molecule is CC.CC.Cc1ccc2nc(C)c(P)cc2c1. The van der Waals surface area contributed by atoms with Crippen molar-refractivity contribution in [1.82, 2.24) is 4.98 Å². The van der Waals surface area contributed by atoms with Gasteiger partial charge in [-0.3, -0.25) is 4.98 Å². The van der Waals surface area contributed by atoms with Gasteiger partial charge in [-0.15, -0.1) is 9.24 Å². The van der Waals surface area contributed by atoms with Crippen LogP contribution in [0.4, 0.5) is 0 Å². The summed E-state index contributed by atoms with van der Waals surface area (Å²) in [4.78, 5) is 4.50. The Hall–Kier alpha value is -0.940. The van der Waals surface area contributed by atoms with E-state index in [2.05, 4.69) is 45.4 Å². The van der Waals surface area contributed by atoms with Crippen molar-refractivity contribution in [3.63, 3.8) is 0 Å². The maximum absolute atomic E-state index is 4.50. The Morgan fingerprint density at radius 2 is 1.53 bits per heavy atom. The molecule has 1 atom stereocenters. The largest absolute Gasteiger partial charge is 0.252 e. The zero-order chi connectivity index (χ0) is 13.4. The molecular formula is C15H24NP. The Balaban J connectivity index is 0.000000581. The molecule has 2 heteroatoms. The van der Waals surface area contributed by atoms with Gasteiger partial charge < -0.3 is 0 Å². The number of hydrogen-bond donors (Lipinski definition) is 0.